The van der Waals surface area contributed by atoms with E-state index in [0.717, 1.165) is 22.3 Å². The van der Waals surface area contributed by atoms with Gasteiger partial charge in [-0.2, -0.15) is 0 Å². The largest absolute Gasteiger partial charge is 0.346 e. The molecule has 0 spiro atoms. The van der Waals surface area contributed by atoms with Gasteiger partial charge in [0.05, 0.1) is 5.39 Å². The van der Waals surface area contributed by atoms with E-state index in [4.69, 9.17) is 0 Å². The molecule has 0 aliphatic rings. The van der Waals surface area contributed by atoms with Crippen molar-refractivity contribution in [1.82, 2.24) is 15.0 Å². The highest BCUT2D eigenvalue weighted by molar-refractivity contribution is 5.80. The first kappa shape index (κ1) is 17.5. The molecule has 0 aliphatic carbocycles. The van der Waals surface area contributed by atoms with Gasteiger partial charge in [-0.3, -0.25) is 0 Å². The Balaban J connectivity index is 0.000000561. The maximum Gasteiger partial charge on any atom is 0.141 e. The number of fused-ring (bicyclic) bond motifs is 1. The number of nitrogens with zero attached hydrogens (tertiary/aromatic N) is 2. The second-order valence-electron chi connectivity index (χ2n) is 4.03. The predicted molar refractivity (Wildman–Crippen MR) is 93.7 cm³/mol. The molecule has 3 nitrogen and oxygen atoms in total. The second-order valence-corrected chi connectivity index (χ2v) is 4.03. The average Bonchev–Trinajstić information content (AvgIpc) is 3.07. The van der Waals surface area contributed by atoms with E-state index in [0.29, 0.717) is 0 Å². The Labute approximate surface area is 132 Å². The van der Waals surface area contributed by atoms with Gasteiger partial charge in [0.25, 0.3) is 0 Å². The molecule has 2 heterocycles. The van der Waals surface area contributed by atoms with Crippen molar-refractivity contribution >= 4 is 11.0 Å². The van der Waals surface area contributed by atoms with E-state index in [-0.39, 0.29) is 0 Å². The maximum atomic E-state index is 4.22. The zero-order valence-electron chi connectivity index (χ0n) is 13.9. The number of aromatic nitrogens is 3. The molecule has 3 aromatic rings. The van der Waals surface area contributed by atoms with Crippen LogP contribution in [0.2, 0.25) is 0 Å². The number of H-pyrrole nitrogens is 1. The van der Waals surface area contributed by atoms with Crippen LogP contribution in [0.5, 0.6) is 0 Å². The van der Waals surface area contributed by atoms with E-state index < -0.39 is 0 Å². The van der Waals surface area contributed by atoms with Crippen molar-refractivity contribution in [3.8, 4) is 11.8 Å². The van der Waals surface area contributed by atoms with Gasteiger partial charge in [-0.05, 0) is 30.5 Å². The molecule has 22 heavy (non-hydrogen) atoms. The fourth-order valence-corrected chi connectivity index (χ4v) is 1.81. The molecule has 0 radical (unpaired) electrons. The molecule has 3 rings (SSSR count). The van der Waals surface area contributed by atoms with Crippen LogP contribution in [0, 0.1) is 18.8 Å². The topological polar surface area (TPSA) is 41.6 Å². The molecule has 1 aromatic carbocycles. The maximum absolute atomic E-state index is 4.22. The van der Waals surface area contributed by atoms with Crippen LogP contribution in [-0.4, -0.2) is 15.0 Å². The Morgan fingerprint density at radius 2 is 1.64 bits per heavy atom. The molecular formula is C19H23N3. The molecule has 0 fully saturated rings. The van der Waals surface area contributed by atoms with Crippen LogP contribution in [0.3, 0.4) is 0 Å². The number of rotatable bonds is 0. The Morgan fingerprint density at radius 3 is 2.36 bits per heavy atom. The van der Waals surface area contributed by atoms with Crippen molar-refractivity contribution in [3.05, 3.63) is 59.7 Å². The van der Waals surface area contributed by atoms with E-state index in [1.54, 1.807) is 0 Å². The summed E-state index contributed by atoms with van der Waals surface area (Å²) >= 11 is 0. The first-order chi connectivity index (χ1) is 10.8. The number of aromatic amines is 1. The number of hydrogen-bond donors (Lipinski definition) is 1. The molecule has 0 saturated heterocycles. The summed E-state index contributed by atoms with van der Waals surface area (Å²) in [5, 5.41) is 0.957. The van der Waals surface area contributed by atoms with E-state index >= 15 is 0 Å². The zero-order chi connectivity index (χ0) is 16.4. The van der Waals surface area contributed by atoms with Gasteiger partial charge < -0.3 is 4.98 Å². The minimum absolute atomic E-state index is 0.754. The Kier molecular flexibility index (Phi) is 7.42. The minimum atomic E-state index is 0.754. The lowest BCUT2D eigenvalue weighted by Crippen LogP contribution is -1.87. The Bertz CT molecular complexity index is 761. The third-order valence-electron chi connectivity index (χ3n) is 2.81. The molecule has 0 amide bonds. The first-order valence-corrected chi connectivity index (χ1v) is 7.70. The van der Waals surface area contributed by atoms with E-state index in [2.05, 4.69) is 39.8 Å². The van der Waals surface area contributed by atoms with Crippen molar-refractivity contribution in [1.29, 1.82) is 0 Å². The van der Waals surface area contributed by atoms with Crippen LogP contribution in [0.15, 0.2) is 42.9 Å². The van der Waals surface area contributed by atoms with Crippen LogP contribution in [0.4, 0.5) is 0 Å². The minimum Gasteiger partial charge on any atom is -0.346 e. The average molecular weight is 293 g/mol. The van der Waals surface area contributed by atoms with Crippen LogP contribution >= 0.6 is 0 Å². The van der Waals surface area contributed by atoms with E-state index in [1.165, 1.54) is 11.9 Å². The molecule has 3 heteroatoms. The highest BCUT2D eigenvalue weighted by Gasteiger charge is 2.00. The summed E-state index contributed by atoms with van der Waals surface area (Å²) in [5.74, 6) is 6.27. The summed E-state index contributed by atoms with van der Waals surface area (Å²) in [6, 6.07) is 10.0. The fourth-order valence-electron chi connectivity index (χ4n) is 1.81. The molecule has 0 unspecified atom stereocenters. The highest BCUT2D eigenvalue weighted by atomic mass is 14.9. The van der Waals surface area contributed by atoms with Crippen LogP contribution < -0.4 is 0 Å². The summed E-state index contributed by atoms with van der Waals surface area (Å²) in [6.45, 7) is 10.1. The normalized spacial score (nSPS) is 8.77. The SMILES string of the molecule is CC.CC.Cc1ccccc1C#Cc1ncnc2[nH]ccc12. The summed E-state index contributed by atoms with van der Waals surface area (Å²) < 4.78 is 0. The van der Waals surface area contributed by atoms with Crippen LogP contribution in [0.1, 0.15) is 44.5 Å². The number of aryl methyl sites for hydroxylation is 1. The highest BCUT2D eigenvalue weighted by Crippen LogP contribution is 2.12. The molecule has 1 N–H and O–H groups in total. The smallest absolute Gasteiger partial charge is 0.141 e. The Hall–Kier alpha value is -2.60. The van der Waals surface area contributed by atoms with Crippen molar-refractivity contribution in [2.75, 3.05) is 0 Å². The van der Waals surface area contributed by atoms with Gasteiger partial charge in [0, 0.05) is 11.8 Å². The molecule has 114 valence electrons. The fraction of sp³-hybridized carbons (Fsp3) is 0.263. The monoisotopic (exact) mass is 293 g/mol. The summed E-state index contributed by atoms with van der Waals surface area (Å²) in [5.41, 5.74) is 3.77. The first-order valence-electron chi connectivity index (χ1n) is 7.70. The molecule has 0 atom stereocenters. The van der Waals surface area contributed by atoms with Crippen molar-refractivity contribution < 1.29 is 0 Å². The van der Waals surface area contributed by atoms with Gasteiger partial charge in [-0.1, -0.05) is 51.8 Å². The van der Waals surface area contributed by atoms with E-state index in [1.807, 2.05) is 58.2 Å². The van der Waals surface area contributed by atoms with Gasteiger partial charge in [0.15, 0.2) is 0 Å². The Morgan fingerprint density at radius 1 is 0.909 bits per heavy atom. The summed E-state index contributed by atoms with van der Waals surface area (Å²) in [6.07, 6.45) is 3.37. The van der Waals surface area contributed by atoms with Gasteiger partial charge in [0.1, 0.15) is 17.7 Å². The second kappa shape index (κ2) is 9.36. The third-order valence-corrected chi connectivity index (χ3v) is 2.81. The number of nitrogens with one attached hydrogen (secondary N) is 1. The molecule has 2 aromatic heterocycles. The van der Waals surface area contributed by atoms with Gasteiger partial charge in [-0.15, -0.1) is 0 Å². The molecule has 0 bridgehead atoms. The van der Waals surface area contributed by atoms with Crippen LogP contribution in [0.25, 0.3) is 11.0 Å². The molecular weight excluding hydrogens is 270 g/mol. The summed E-state index contributed by atoms with van der Waals surface area (Å²) in [4.78, 5) is 11.4. The summed E-state index contributed by atoms with van der Waals surface area (Å²) in [7, 11) is 0. The van der Waals surface area contributed by atoms with Gasteiger partial charge in [-0.25, -0.2) is 9.97 Å². The van der Waals surface area contributed by atoms with E-state index in [9.17, 15) is 0 Å². The lowest BCUT2D eigenvalue weighted by Gasteiger charge is -1.95. The standard InChI is InChI=1S/C15H11N3.2C2H6/c1-11-4-2-3-5-12(11)6-7-14-13-8-9-16-15(13)18-10-17-14;2*1-2/h2-5,8-10H,1H3,(H,16,17,18);2*1-2H3. The van der Waals surface area contributed by atoms with Crippen molar-refractivity contribution in [2.45, 2.75) is 34.6 Å². The third kappa shape index (κ3) is 4.20. The van der Waals surface area contributed by atoms with Crippen molar-refractivity contribution in [2.24, 2.45) is 0 Å². The van der Waals surface area contributed by atoms with Gasteiger partial charge in [0.2, 0.25) is 0 Å². The van der Waals surface area contributed by atoms with Crippen LogP contribution in [-0.2, 0) is 0 Å². The molecule has 0 saturated carbocycles. The lowest BCUT2D eigenvalue weighted by atomic mass is 10.1. The number of hydrogen-bond acceptors (Lipinski definition) is 2. The molecule has 0 aliphatic heterocycles. The van der Waals surface area contributed by atoms with Gasteiger partial charge >= 0.3 is 0 Å². The zero-order valence-corrected chi connectivity index (χ0v) is 13.9. The number of benzene rings is 1. The lowest BCUT2D eigenvalue weighted by molar-refractivity contribution is 1.18. The van der Waals surface area contributed by atoms with Crippen molar-refractivity contribution in [3.63, 3.8) is 0 Å². The predicted octanol–water partition coefficient (Wildman–Crippen LogP) is 4.72. The quantitative estimate of drug-likeness (QED) is 0.609.